The number of aryl methyl sites for hydroxylation is 1. The fourth-order valence-corrected chi connectivity index (χ4v) is 2.21. The number of hydrogen-bond acceptors (Lipinski definition) is 4. The van der Waals surface area contributed by atoms with E-state index in [9.17, 15) is 19.7 Å². The van der Waals surface area contributed by atoms with Gasteiger partial charge in [-0.15, -0.1) is 0 Å². The van der Waals surface area contributed by atoms with Crippen LogP contribution in [0, 0.1) is 17.0 Å². The predicted octanol–water partition coefficient (Wildman–Crippen LogP) is 0.912. The van der Waals surface area contributed by atoms with Crippen molar-refractivity contribution in [2.75, 3.05) is 6.54 Å². The number of hydrogen-bond donors (Lipinski definition) is 2. The molecule has 7 nitrogen and oxygen atoms in total. The van der Waals surface area contributed by atoms with Crippen molar-refractivity contribution in [1.29, 1.82) is 0 Å². The number of nitrogens with one attached hydrogen (secondary N) is 2. The van der Waals surface area contributed by atoms with E-state index in [2.05, 4.69) is 10.6 Å². The Morgan fingerprint density at radius 1 is 1.50 bits per heavy atom. The van der Waals surface area contributed by atoms with Crippen molar-refractivity contribution < 1.29 is 14.5 Å². The van der Waals surface area contributed by atoms with Gasteiger partial charge in [0.05, 0.1) is 4.92 Å². The van der Waals surface area contributed by atoms with Gasteiger partial charge >= 0.3 is 0 Å². The maximum atomic E-state index is 12.2. The van der Waals surface area contributed by atoms with E-state index in [4.69, 9.17) is 0 Å². The van der Waals surface area contributed by atoms with Crippen molar-refractivity contribution in [2.45, 2.75) is 25.8 Å². The number of carbonyl (C=O) groups excluding carboxylic acids is 2. The van der Waals surface area contributed by atoms with Crippen LogP contribution in [0.15, 0.2) is 18.2 Å². The minimum Gasteiger partial charge on any atom is -0.354 e. The van der Waals surface area contributed by atoms with Gasteiger partial charge in [-0.05, 0) is 18.9 Å². The van der Waals surface area contributed by atoms with Gasteiger partial charge in [-0.3, -0.25) is 19.7 Å². The first-order chi connectivity index (χ1) is 9.49. The Balaban J connectivity index is 2.17. The summed E-state index contributed by atoms with van der Waals surface area (Å²) in [5, 5.41) is 16.4. The monoisotopic (exact) mass is 277 g/mol. The van der Waals surface area contributed by atoms with Gasteiger partial charge in [0.2, 0.25) is 5.91 Å². The van der Waals surface area contributed by atoms with E-state index in [1.165, 1.54) is 6.07 Å². The van der Waals surface area contributed by atoms with Crippen LogP contribution >= 0.6 is 0 Å². The van der Waals surface area contributed by atoms with E-state index in [0.29, 0.717) is 24.9 Å². The van der Waals surface area contributed by atoms with Crippen molar-refractivity contribution in [3.8, 4) is 0 Å². The molecule has 1 aromatic carbocycles. The van der Waals surface area contributed by atoms with Crippen LogP contribution in [-0.4, -0.2) is 29.3 Å². The maximum absolute atomic E-state index is 12.2. The number of nitro benzene ring substituents is 1. The van der Waals surface area contributed by atoms with E-state index in [-0.39, 0.29) is 23.2 Å². The third-order valence-corrected chi connectivity index (χ3v) is 3.28. The Morgan fingerprint density at radius 2 is 2.25 bits per heavy atom. The quantitative estimate of drug-likeness (QED) is 0.633. The smallest absolute Gasteiger partial charge is 0.282 e. The van der Waals surface area contributed by atoms with E-state index in [0.717, 1.165) is 0 Å². The fourth-order valence-electron chi connectivity index (χ4n) is 2.21. The summed E-state index contributed by atoms with van der Waals surface area (Å²) in [6.07, 6.45) is 0.887. The topological polar surface area (TPSA) is 101 Å². The Kier molecular flexibility index (Phi) is 3.97. The molecular weight excluding hydrogens is 262 g/mol. The molecule has 1 aliphatic heterocycles. The number of benzene rings is 1. The van der Waals surface area contributed by atoms with E-state index < -0.39 is 10.8 Å². The largest absolute Gasteiger partial charge is 0.354 e. The normalized spacial score (nSPS) is 18.2. The summed E-state index contributed by atoms with van der Waals surface area (Å²) in [5.41, 5.74) is 0.424. The summed E-state index contributed by atoms with van der Waals surface area (Å²) >= 11 is 0. The minimum absolute atomic E-state index is 0.0441. The van der Waals surface area contributed by atoms with Crippen LogP contribution in [0.4, 0.5) is 5.69 Å². The maximum Gasteiger partial charge on any atom is 0.282 e. The third kappa shape index (κ3) is 2.93. The Bertz CT molecular complexity index is 561. The standard InChI is InChI=1S/C13H15N3O4/c1-8-3-2-4-10(16(19)20)12(8)13(18)15-9-5-6-11(17)14-7-9/h2-4,9H,5-7H2,1H3,(H,14,17)(H,15,18). The molecule has 1 heterocycles. The molecule has 0 spiro atoms. The summed E-state index contributed by atoms with van der Waals surface area (Å²) in [6.45, 7) is 2.01. The average molecular weight is 277 g/mol. The molecule has 2 amide bonds. The van der Waals surface area contributed by atoms with Crippen molar-refractivity contribution in [2.24, 2.45) is 0 Å². The highest BCUT2D eigenvalue weighted by Gasteiger charge is 2.25. The molecule has 1 saturated heterocycles. The van der Waals surface area contributed by atoms with E-state index in [1.54, 1.807) is 19.1 Å². The molecule has 1 fully saturated rings. The zero-order valence-electron chi connectivity index (χ0n) is 11.0. The number of nitrogens with zero attached hydrogens (tertiary/aromatic N) is 1. The van der Waals surface area contributed by atoms with Crippen LogP contribution in [0.25, 0.3) is 0 Å². The second kappa shape index (κ2) is 5.68. The van der Waals surface area contributed by atoms with Gasteiger partial charge in [0.1, 0.15) is 5.56 Å². The highest BCUT2D eigenvalue weighted by molar-refractivity contribution is 5.99. The number of amides is 2. The molecule has 20 heavy (non-hydrogen) atoms. The average Bonchev–Trinajstić information content (AvgIpc) is 2.40. The first-order valence-corrected chi connectivity index (χ1v) is 6.30. The lowest BCUT2D eigenvalue weighted by molar-refractivity contribution is -0.385. The second-order valence-corrected chi connectivity index (χ2v) is 4.74. The van der Waals surface area contributed by atoms with Crippen LogP contribution in [0.3, 0.4) is 0 Å². The molecule has 1 aliphatic rings. The molecule has 106 valence electrons. The van der Waals surface area contributed by atoms with Crippen molar-refractivity contribution in [3.05, 3.63) is 39.4 Å². The third-order valence-electron chi connectivity index (χ3n) is 3.28. The molecule has 7 heteroatoms. The highest BCUT2D eigenvalue weighted by Crippen LogP contribution is 2.22. The summed E-state index contributed by atoms with van der Waals surface area (Å²) < 4.78 is 0. The lowest BCUT2D eigenvalue weighted by atomic mass is 10.0. The Morgan fingerprint density at radius 3 is 2.85 bits per heavy atom. The van der Waals surface area contributed by atoms with Gasteiger partial charge in [0.25, 0.3) is 11.6 Å². The summed E-state index contributed by atoms with van der Waals surface area (Å²) in [5.74, 6) is -0.520. The molecule has 1 unspecified atom stereocenters. The van der Waals surface area contributed by atoms with Gasteiger partial charge < -0.3 is 10.6 Å². The fraction of sp³-hybridized carbons (Fsp3) is 0.385. The van der Waals surface area contributed by atoms with E-state index in [1.807, 2.05) is 0 Å². The summed E-state index contributed by atoms with van der Waals surface area (Å²) in [6, 6.07) is 4.32. The van der Waals surface area contributed by atoms with Gasteiger partial charge in [0.15, 0.2) is 0 Å². The molecule has 2 rings (SSSR count). The van der Waals surface area contributed by atoms with Crippen molar-refractivity contribution in [1.82, 2.24) is 10.6 Å². The number of nitro groups is 1. The van der Waals surface area contributed by atoms with Crippen LogP contribution in [-0.2, 0) is 4.79 Å². The molecule has 2 N–H and O–H groups in total. The Labute approximate surface area is 115 Å². The Hall–Kier alpha value is -2.44. The van der Waals surface area contributed by atoms with Crippen LogP contribution in [0.2, 0.25) is 0 Å². The molecule has 0 aromatic heterocycles. The van der Waals surface area contributed by atoms with Gasteiger partial charge in [0, 0.05) is 25.1 Å². The number of rotatable bonds is 3. The summed E-state index contributed by atoms with van der Waals surface area (Å²) in [4.78, 5) is 33.7. The van der Waals surface area contributed by atoms with Crippen molar-refractivity contribution in [3.63, 3.8) is 0 Å². The van der Waals surface area contributed by atoms with Crippen molar-refractivity contribution >= 4 is 17.5 Å². The molecular formula is C13H15N3O4. The molecule has 0 radical (unpaired) electrons. The minimum atomic E-state index is -0.565. The van der Waals surface area contributed by atoms with Gasteiger partial charge in [-0.1, -0.05) is 12.1 Å². The van der Waals surface area contributed by atoms with Crippen LogP contribution < -0.4 is 10.6 Å². The lowest BCUT2D eigenvalue weighted by Gasteiger charge is -2.23. The van der Waals surface area contributed by atoms with Gasteiger partial charge in [-0.25, -0.2) is 0 Å². The molecule has 0 bridgehead atoms. The van der Waals surface area contributed by atoms with Crippen LogP contribution in [0.5, 0.6) is 0 Å². The zero-order valence-corrected chi connectivity index (χ0v) is 11.0. The number of carbonyl (C=O) groups is 2. The van der Waals surface area contributed by atoms with Crippen LogP contribution in [0.1, 0.15) is 28.8 Å². The second-order valence-electron chi connectivity index (χ2n) is 4.74. The highest BCUT2D eigenvalue weighted by atomic mass is 16.6. The first-order valence-electron chi connectivity index (χ1n) is 6.30. The predicted molar refractivity (Wildman–Crippen MR) is 71.3 cm³/mol. The van der Waals surface area contributed by atoms with E-state index >= 15 is 0 Å². The number of piperidine rings is 1. The first kappa shape index (κ1) is 14.0. The molecule has 0 aliphatic carbocycles. The molecule has 0 saturated carbocycles. The van der Waals surface area contributed by atoms with Gasteiger partial charge in [-0.2, -0.15) is 0 Å². The molecule has 1 aromatic rings. The summed E-state index contributed by atoms with van der Waals surface area (Å²) in [7, 11) is 0. The zero-order chi connectivity index (χ0) is 14.7. The molecule has 1 atom stereocenters. The lowest BCUT2D eigenvalue weighted by Crippen LogP contribution is -2.47. The SMILES string of the molecule is Cc1cccc([N+](=O)[O-])c1C(=O)NC1CCC(=O)NC1.